The summed E-state index contributed by atoms with van der Waals surface area (Å²) >= 11 is 0. The highest BCUT2D eigenvalue weighted by atomic mass is 16.6. The van der Waals surface area contributed by atoms with Gasteiger partial charge in [-0.25, -0.2) is 4.79 Å². The van der Waals surface area contributed by atoms with E-state index in [1.807, 2.05) is 0 Å². The Morgan fingerprint density at radius 1 is 1.15 bits per heavy atom. The number of benzene rings is 1. The summed E-state index contributed by atoms with van der Waals surface area (Å²) in [4.78, 5) is 43.6. The molecule has 148 valence electrons. The standard InChI is InChI=1S/C15H21N5O7/c1-7(2)4-11(15(22)23)18-10-5-9(19(24)25)6-12(20(26)27)13(10)17-8(3)14(16)21/h5-8,11,17-18H,4H2,1-3H3,(H2,16,21)(H,22,23)/t8-,11-/m0/s1. The minimum absolute atomic E-state index is 0.0340. The number of primary amides is 1. The number of carbonyl (C=O) groups is 2. The molecule has 1 amide bonds. The number of hydrogen-bond donors (Lipinski definition) is 4. The number of carboxylic acids is 1. The molecule has 0 aromatic heterocycles. The van der Waals surface area contributed by atoms with Crippen LogP contribution in [0.1, 0.15) is 27.2 Å². The van der Waals surface area contributed by atoms with Crippen molar-refractivity contribution in [2.24, 2.45) is 11.7 Å². The molecule has 12 heteroatoms. The van der Waals surface area contributed by atoms with Crippen LogP contribution in [-0.4, -0.2) is 38.9 Å². The molecule has 5 N–H and O–H groups in total. The molecule has 2 atom stereocenters. The van der Waals surface area contributed by atoms with Crippen molar-refractivity contribution in [3.8, 4) is 0 Å². The van der Waals surface area contributed by atoms with Crippen LogP contribution in [0.2, 0.25) is 0 Å². The predicted octanol–water partition coefficient (Wildman–Crippen LogP) is 1.70. The van der Waals surface area contributed by atoms with Gasteiger partial charge in [-0.1, -0.05) is 13.8 Å². The molecule has 1 aromatic carbocycles. The Morgan fingerprint density at radius 2 is 1.74 bits per heavy atom. The Hall–Kier alpha value is -3.44. The Balaban J connectivity index is 3.55. The van der Waals surface area contributed by atoms with E-state index >= 15 is 0 Å². The second-order valence-electron chi connectivity index (χ2n) is 6.33. The molecular weight excluding hydrogens is 362 g/mol. The average molecular weight is 383 g/mol. The lowest BCUT2D eigenvalue weighted by Crippen LogP contribution is -2.34. The number of nitrogens with one attached hydrogen (secondary N) is 2. The third-order valence-electron chi connectivity index (χ3n) is 3.63. The van der Waals surface area contributed by atoms with E-state index in [0.29, 0.717) is 0 Å². The molecule has 0 aliphatic rings. The fraction of sp³-hybridized carbons (Fsp3) is 0.467. The first-order valence-electron chi connectivity index (χ1n) is 7.96. The molecular formula is C15H21N5O7. The number of anilines is 2. The second-order valence-corrected chi connectivity index (χ2v) is 6.33. The summed E-state index contributed by atoms with van der Waals surface area (Å²) in [6.45, 7) is 4.91. The van der Waals surface area contributed by atoms with Gasteiger partial charge < -0.3 is 21.5 Å². The number of non-ortho nitro benzene ring substituents is 1. The van der Waals surface area contributed by atoms with Gasteiger partial charge in [-0.05, 0) is 19.3 Å². The van der Waals surface area contributed by atoms with Crippen LogP contribution in [0.25, 0.3) is 0 Å². The van der Waals surface area contributed by atoms with Gasteiger partial charge in [-0.15, -0.1) is 0 Å². The van der Waals surface area contributed by atoms with E-state index in [-0.39, 0.29) is 23.7 Å². The summed E-state index contributed by atoms with van der Waals surface area (Å²) in [5, 5.41) is 37.0. The molecule has 0 radical (unpaired) electrons. The van der Waals surface area contributed by atoms with E-state index in [4.69, 9.17) is 5.73 Å². The van der Waals surface area contributed by atoms with Gasteiger partial charge in [0.05, 0.1) is 21.6 Å². The van der Waals surface area contributed by atoms with E-state index in [1.54, 1.807) is 13.8 Å². The highest BCUT2D eigenvalue weighted by Crippen LogP contribution is 2.38. The first-order chi connectivity index (χ1) is 12.4. The van der Waals surface area contributed by atoms with E-state index in [2.05, 4.69) is 10.6 Å². The molecule has 0 bridgehead atoms. The van der Waals surface area contributed by atoms with Gasteiger partial charge in [-0.3, -0.25) is 25.0 Å². The van der Waals surface area contributed by atoms with Crippen molar-refractivity contribution in [3.05, 3.63) is 32.4 Å². The van der Waals surface area contributed by atoms with Crippen LogP contribution in [-0.2, 0) is 9.59 Å². The van der Waals surface area contributed by atoms with Crippen molar-refractivity contribution in [3.63, 3.8) is 0 Å². The molecule has 0 fully saturated rings. The maximum absolute atomic E-state index is 11.5. The molecule has 0 saturated heterocycles. The van der Waals surface area contributed by atoms with Gasteiger partial charge in [0.25, 0.3) is 5.69 Å². The van der Waals surface area contributed by atoms with E-state index in [9.17, 15) is 34.9 Å². The lowest BCUT2D eigenvalue weighted by molar-refractivity contribution is -0.393. The van der Waals surface area contributed by atoms with Gasteiger partial charge >= 0.3 is 11.7 Å². The molecule has 0 unspecified atom stereocenters. The van der Waals surface area contributed by atoms with Crippen molar-refractivity contribution in [2.45, 2.75) is 39.3 Å². The van der Waals surface area contributed by atoms with Crippen molar-refractivity contribution in [1.29, 1.82) is 0 Å². The Morgan fingerprint density at radius 3 is 2.15 bits per heavy atom. The molecule has 0 aliphatic carbocycles. The first-order valence-corrected chi connectivity index (χ1v) is 7.96. The van der Waals surface area contributed by atoms with Crippen LogP contribution >= 0.6 is 0 Å². The molecule has 12 nitrogen and oxygen atoms in total. The Labute approximate surface area is 154 Å². The molecule has 0 heterocycles. The fourth-order valence-corrected chi connectivity index (χ4v) is 2.30. The van der Waals surface area contributed by atoms with Gasteiger partial charge in [-0.2, -0.15) is 0 Å². The zero-order chi connectivity index (χ0) is 20.9. The van der Waals surface area contributed by atoms with Crippen molar-refractivity contribution in [2.75, 3.05) is 10.6 Å². The van der Waals surface area contributed by atoms with Gasteiger partial charge in [0.15, 0.2) is 0 Å². The lowest BCUT2D eigenvalue weighted by Gasteiger charge is -2.21. The maximum atomic E-state index is 11.5. The highest BCUT2D eigenvalue weighted by molar-refractivity contribution is 5.89. The third kappa shape index (κ3) is 5.80. The minimum atomic E-state index is -1.23. The monoisotopic (exact) mass is 383 g/mol. The van der Waals surface area contributed by atoms with Crippen molar-refractivity contribution >= 4 is 34.6 Å². The zero-order valence-corrected chi connectivity index (χ0v) is 15.0. The predicted molar refractivity (Wildman–Crippen MR) is 96.5 cm³/mol. The molecule has 1 aromatic rings. The van der Waals surface area contributed by atoms with E-state index < -0.39 is 45.2 Å². The number of carboxylic acid groups (broad SMARTS) is 1. The molecule has 27 heavy (non-hydrogen) atoms. The number of rotatable bonds is 10. The third-order valence-corrected chi connectivity index (χ3v) is 3.63. The molecule has 0 aliphatic heterocycles. The number of nitrogens with two attached hydrogens (primary N) is 1. The maximum Gasteiger partial charge on any atom is 0.326 e. The van der Waals surface area contributed by atoms with Crippen molar-refractivity contribution < 1.29 is 24.5 Å². The number of hydrogen-bond acceptors (Lipinski definition) is 8. The average Bonchev–Trinajstić information content (AvgIpc) is 2.53. The summed E-state index contributed by atoms with van der Waals surface area (Å²) < 4.78 is 0. The van der Waals surface area contributed by atoms with E-state index in [0.717, 1.165) is 12.1 Å². The van der Waals surface area contributed by atoms with Gasteiger partial charge in [0.2, 0.25) is 5.91 Å². The molecule has 0 spiro atoms. The number of nitro groups is 2. The topological polar surface area (TPSA) is 191 Å². The Kier molecular flexibility index (Phi) is 7.02. The summed E-state index contributed by atoms with van der Waals surface area (Å²) in [5.41, 5.74) is 3.43. The summed E-state index contributed by atoms with van der Waals surface area (Å²) in [5.74, 6) is -2.08. The van der Waals surface area contributed by atoms with Crippen LogP contribution in [0.3, 0.4) is 0 Å². The van der Waals surface area contributed by atoms with E-state index in [1.165, 1.54) is 6.92 Å². The quantitative estimate of drug-likeness (QED) is 0.344. The minimum Gasteiger partial charge on any atom is -0.480 e. The largest absolute Gasteiger partial charge is 0.480 e. The number of nitrogens with zero attached hydrogens (tertiary/aromatic N) is 2. The van der Waals surface area contributed by atoms with Crippen LogP contribution < -0.4 is 16.4 Å². The number of amides is 1. The summed E-state index contributed by atoms with van der Waals surface area (Å²) in [7, 11) is 0. The number of aliphatic carboxylic acids is 1. The number of nitro benzene ring substituents is 2. The zero-order valence-electron chi connectivity index (χ0n) is 15.0. The number of carbonyl (C=O) groups excluding carboxylic acids is 1. The van der Waals surface area contributed by atoms with Crippen molar-refractivity contribution in [1.82, 2.24) is 0 Å². The SMILES string of the molecule is CC(C)C[C@H](Nc1cc([N+](=O)[O-])cc([N+](=O)[O-])c1N[C@@H](C)C(N)=O)C(=O)O. The van der Waals surface area contributed by atoms with Gasteiger partial charge in [0.1, 0.15) is 17.8 Å². The van der Waals surface area contributed by atoms with Crippen LogP contribution in [0.5, 0.6) is 0 Å². The smallest absolute Gasteiger partial charge is 0.326 e. The lowest BCUT2D eigenvalue weighted by atomic mass is 10.0. The summed E-state index contributed by atoms with van der Waals surface area (Å²) in [6, 6.07) is -0.506. The van der Waals surface area contributed by atoms with Crippen LogP contribution in [0.4, 0.5) is 22.7 Å². The second kappa shape index (κ2) is 8.78. The van der Waals surface area contributed by atoms with Crippen LogP contribution in [0.15, 0.2) is 12.1 Å². The highest BCUT2D eigenvalue weighted by Gasteiger charge is 2.29. The normalized spacial score (nSPS) is 12.9. The molecule has 0 saturated carbocycles. The summed E-state index contributed by atoms with van der Waals surface area (Å²) in [6.07, 6.45) is 0.163. The van der Waals surface area contributed by atoms with Crippen LogP contribution in [0, 0.1) is 26.1 Å². The van der Waals surface area contributed by atoms with Gasteiger partial charge in [0, 0.05) is 6.07 Å². The molecule has 1 rings (SSSR count). The first kappa shape index (κ1) is 21.6. The fourth-order valence-electron chi connectivity index (χ4n) is 2.30. The Bertz CT molecular complexity index is 765.